The van der Waals surface area contributed by atoms with E-state index in [9.17, 15) is 32.3 Å². The van der Waals surface area contributed by atoms with Gasteiger partial charge in [-0.15, -0.1) is 0 Å². The van der Waals surface area contributed by atoms with Crippen molar-refractivity contribution in [3.05, 3.63) is 65.2 Å². The molecule has 2 N–H and O–H groups in total. The molecule has 2 aromatic carbocycles. The van der Waals surface area contributed by atoms with Gasteiger partial charge in [-0.2, -0.15) is 13.2 Å². The van der Waals surface area contributed by atoms with Crippen LogP contribution in [0.3, 0.4) is 0 Å². The molecule has 10 heteroatoms. The molecule has 0 saturated carbocycles. The third-order valence-corrected chi connectivity index (χ3v) is 4.59. The predicted molar refractivity (Wildman–Crippen MR) is 104 cm³/mol. The van der Waals surface area contributed by atoms with Crippen molar-refractivity contribution in [3.8, 4) is 0 Å². The van der Waals surface area contributed by atoms with Crippen molar-refractivity contribution in [2.24, 2.45) is 0 Å². The summed E-state index contributed by atoms with van der Waals surface area (Å²) >= 11 is 0. The molecule has 1 aliphatic rings. The highest BCUT2D eigenvalue weighted by atomic mass is 19.4. The van der Waals surface area contributed by atoms with Crippen molar-refractivity contribution in [3.63, 3.8) is 0 Å². The zero-order chi connectivity index (χ0) is 22.6. The summed E-state index contributed by atoms with van der Waals surface area (Å²) in [6.45, 7) is -0.259. The Morgan fingerprint density at radius 2 is 1.58 bits per heavy atom. The molecule has 0 saturated heterocycles. The van der Waals surface area contributed by atoms with E-state index in [-0.39, 0.29) is 31.8 Å². The van der Waals surface area contributed by atoms with Crippen LogP contribution in [-0.4, -0.2) is 41.2 Å². The minimum atomic E-state index is -4.97. The number of imide groups is 1. The van der Waals surface area contributed by atoms with Gasteiger partial charge in [0.2, 0.25) is 5.91 Å². The number of nitrogens with zero attached hydrogens (tertiary/aromatic N) is 1. The number of rotatable bonds is 7. The van der Waals surface area contributed by atoms with Crippen molar-refractivity contribution in [2.45, 2.75) is 25.6 Å². The van der Waals surface area contributed by atoms with Crippen molar-refractivity contribution >= 4 is 29.3 Å². The van der Waals surface area contributed by atoms with Crippen molar-refractivity contribution < 1.29 is 32.3 Å². The lowest BCUT2D eigenvalue weighted by Gasteiger charge is -2.13. The Morgan fingerprint density at radius 1 is 0.935 bits per heavy atom. The SMILES string of the molecule is O=C(CCCN1C(=O)c2ccccc2C1=O)Nc1cccc(CNC(=O)C(F)(F)F)c1. The third kappa shape index (κ3) is 5.27. The van der Waals surface area contributed by atoms with E-state index in [0.29, 0.717) is 22.4 Å². The molecule has 0 fully saturated rings. The molecule has 0 bridgehead atoms. The lowest BCUT2D eigenvalue weighted by Crippen LogP contribution is -2.36. The van der Waals surface area contributed by atoms with E-state index in [0.717, 1.165) is 4.90 Å². The van der Waals surface area contributed by atoms with Gasteiger partial charge < -0.3 is 10.6 Å². The highest BCUT2D eigenvalue weighted by molar-refractivity contribution is 6.21. The Hall–Kier alpha value is -3.69. The largest absolute Gasteiger partial charge is 0.471 e. The molecule has 3 rings (SSSR count). The molecule has 0 spiro atoms. The van der Waals surface area contributed by atoms with Gasteiger partial charge >= 0.3 is 12.1 Å². The average Bonchev–Trinajstić information content (AvgIpc) is 2.96. The van der Waals surface area contributed by atoms with Crippen molar-refractivity contribution in [2.75, 3.05) is 11.9 Å². The zero-order valence-corrected chi connectivity index (χ0v) is 16.2. The molecule has 2 aromatic rings. The first-order chi connectivity index (χ1) is 14.7. The van der Waals surface area contributed by atoms with Gasteiger partial charge in [-0.25, -0.2) is 0 Å². The van der Waals surface area contributed by atoms with E-state index < -0.39 is 23.9 Å². The first kappa shape index (κ1) is 22.0. The smallest absolute Gasteiger partial charge is 0.344 e. The van der Waals surface area contributed by atoms with Crippen LogP contribution in [0.4, 0.5) is 18.9 Å². The van der Waals surface area contributed by atoms with Crippen LogP contribution >= 0.6 is 0 Å². The number of anilines is 1. The molecule has 0 aromatic heterocycles. The highest BCUT2D eigenvalue weighted by Crippen LogP contribution is 2.22. The van der Waals surface area contributed by atoms with E-state index in [2.05, 4.69) is 5.32 Å². The monoisotopic (exact) mass is 433 g/mol. The maximum Gasteiger partial charge on any atom is 0.471 e. The number of hydrogen-bond donors (Lipinski definition) is 2. The molecule has 31 heavy (non-hydrogen) atoms. The summed E-state index contributed by atoms with van der Waals surface area (Å²) in [5, 5.41) is 4.36. The van der Waals surface area contributed by atoms with Gasteiger partial charge in [-0.05, 0) is 36.2 Å². The fourth-order valence-corrected chi connectivity index (χ4v) is 3.11. The topological polar surface area (TPSA) is 95.6 Å². The highest BCUT2D eigenvalue weighted by Gasteiger charge is 2.38. The molecule has 1 aliphatic heterocycles. The zero-order valence-electron chi connectivity index (χ0n) is 16.2. The molecule has 0 atom stereocenters. The van der Waals surface area contributed by atoms with Crippen LogP contribution in [0.2, 0.25) is 0 Å². The number of nitrogens with one attached hydrogen (secondary N) is 2. The summed E-state index contributed by atoms with van der Waals surface area (Å²) < 4.78 is 36.7. The summed E-state index contributed by atoms with van der Waals surface area (Å²) in [7, 11) is 0. The van der Waals surface area contributed by atoms with Gasteiger partial charge in [0.1, 0.15) is 0 Å². The second kappa shape index (κ2) is 8.99. The van der Waals surface area contributed by atoms with E-state index in [1.54, 1.807) is 35.6 Å². The summed E-state index contributed by atoms with van der Waals surface area (Å²) in [5.41, 5.74) is 1.41. The summed E-state index contributed by atoms with van der Waals surface area (Å²) in [6.07, 6.45) is -4.69. The normalized spacial score (nSPS) is 13.2. The van der Waals surface area contributed by atoms with Crippen LogP contribution < -0.4 is 10.6 Å². The van der Waals surface area contributed by atoms with Gasteiger partial charge in [-0.1, -0.05) is 24.3 Å². The van der Waals surface area contributed by atoms with Gasteiger partial charge in [0.15, 0.2) is 0 Å². The lowest BCUT2D eigenvalue weighted by atomic mass is 10.1. The van der Waals surface area contributed by atoms with Crippen molar-refractivity contribution in [1.82, 2.24) is 10.2 Å². The molecule has 4 amide bonds. The Balaban J connectivity index is 1.48. The van der Waals surface area contributed by atoms with Gasteiger partial charge in [0.25, 0.3) is 11.8 Å². The van der Waals surface area contributed by atoms with Crippen LogP contribution in [0.1, 0.15) is 39.1 Å². The van der Waals surface area contributed by atoms with E-state index in [1.807, 2.05) is 0 Å². The number of amides is 4. The number of alkyl halides is 3. The quantitative estimate of drug-likeness (QED) is 0.657. The number of carbonyl (C=O) groups excluding carboxylic acids is 4. The van der Waals surface area contributed by atoms with Crippen molar-refractivity contribution in [1.29, 1.82) is 0 Å². The van der Waals surface area contributed by atoms with Crippen LogP contribution in [0, 0.1) is 0 Å². The van der Waals surface area contributed by atoms with Gasteiger partial charge in [-0.3, -0.25) is 24.1 Å². The summed E-state index contributed by atoms with van der Waals surface area (Å²) in [5.74, 6) is -3.22. The minimum absolute atomic E-state index is 0.0302. The lowest BCUT2D eigenvalue weighted by molar-refractivity contribution is -0.173. The molecule has 1 heterocycles. The van der Waals surface area contributed by atoms with Gasteiger partial charge in [0.05, 0.1) is 11.1 Å². The number of halogens is 3. The Kier molecular flexibility index (Phi) is 6.38. The molecule has 0 aliphatic carbocycles. The predicted octanol–water partition coefficient (Wildman–Crippen LogP) is 2.88. The Morgan fingerprint density at radius 3 is 2.19 bits per heavy atom. The first-order valence-electron chi connectivity index (χ1n) is 9.36. The second-order valence-electron chi connectivity index (χ2n) is 6.84. The summed E-state index contributed by atoms with van der Waals surface area (Å²) in [4.78, 5) is 48.7. The fourth-order valence-electron chi connectivity index (χ4n) is 3.11. The maximum atomic E-state index is 12.3. The molecular formula is C21H18F3N3O4. The van der Waals surface area contributed by atoms with Crippen LogP contribution in [0.5, 0.6) is 0 Å². The van der Waals surface area contributed by atoms with E-state index in [1.165, 1.54) is 18.2 Å². The standard InChI is InChI=1S/C21H18F3N3O4/c22-21(23,24)20(31)25-12-13-5-3-6-14(11-13)26-17(28)9-4-10-27-18(29)15-7-1-2-8-16(15)19(27)30/h1-3,5-8,11H,4,9-10,12H2,(H,25,31)(H,26,28). The number of benzene rings is 2. The molecular weight excluding hydrogens is 415 g/mol. The van der Waals surface area contributed by atoms with Gasteiger partial charge in [0, 0.05) is 25.2 Å². The Labute approximate surface area is 175 Å². The first-order valence-corrected chi connectivity index (χ1v) is 9.36. The molecule has 162 valence electrons. The van der Waals surface area contributed by atoms with E-state index in [4.69, 9.17) is 0 Å². The van der Waals surface area contributed by atoms with Crippen LogP contribution in [0.25, 0.3) is 0 Å². The molecule has 0 radical (unpaired) electrons. The fraction of sp³-hybridized carbons (Fsp3) is 0.238. The summed E-state index contributed by atoms with van der Waals surface area (Å²) in [6, 6.07) is 12.5. The third-order valence-electron chi connectivity index (χ3n) is 4.59. The molecule has 0 unspecified atom stereocenters. The van der Waals surface area contributed by atoms with Crippen LogP contribution in [0.15, 0.2) is 48.5 Å². The number of carbonyl (C=O) groups is 4. The maximum absolute atomic E-state index is 12.3. The number of hydrogen-bond acceptors (Lipinski definition) is 4. The minimum Gasteiger partial charge on any atom is -0.344 e. The second-order valence-corrected chi connectivity index (χ2v) is 6.84. The number of fused-ring (bicyclic) bond motifs is 1. The average molecular weight is 433 g/mol. The Bertz CT molecular complexity index is 1000. The van der Waals surface area contributed by atoms with E-state index >= 15 is 0 Å². The molecule has 7 nitrogen and oxygen atoms in total. The van der Waals surface area contributed by atoms with Crippen LogP contribution in [-0.2, 0) is 16.1 Å².